The lowest BCUT2D eigenvalue weighted by Gasteiger charge is -1.99. The van der Waals surface area contributed by atoms with Crippen LogP contribution in [0.3, 0.4) is 0 Å². The van der Waals surface area contributed by atoms with Crippen molar-refractivity contribution in [1.29, 1.82) is 0 Å². The standard InChI is InChI=1S/C31H37NO4/c1-25(10-6-7-11-26(2)13-9-15-28(4)17-19-31(34)35-5)12-8-14-27(3)16-18-30(33)32-22-20-29-21-23-36-24-29/h6-19,21,23-24H,20,22H2,1-5H3,(H,32,33)/b7-6+,12-8+,13-9+,18-16+,19-17+,25-10+,26-11+,27-14+,28-15-. The van der Waals surface area contributed by atoms with Crippen LogP contribution in [0.2, 0.25) is 0 Å². The topological polar surface area (TPSA) is 68.5 Å². The molecule has 1 rings (SSSR count). The summed E-state index contributed by atoms with van der Waals surface area (Å²) in [5, 5.41) is 2.85. The van der Waals surface area contributed by atoms with Gasteiger partial charge in [-0.25, -0.2) is 4.79 Å². The zero-order valence-corrected chi connectivity index (χ0v) is 21.9. The molecule has 36 heavy (non-hydrogen) atoms. The highest BCUT2D eigenvalue weighted by Crippen LogP contribution is 2.03. The van der Waals surface area contributed by atoms with Gasteiger partial charge >= 0.3 is 5.97 Å². The molecule has 0 atom stereocenters. The molecule has 0 radical (unpaired) electrons. The van der Waals surface area contributed by atoms with Crippen LogP contribution in [0.25, 0.3) is 0 Å². The van der Waals surface area contributed by atoms with Gasteiger partial charge in [-0.05, 0) is 45.7 Å². The highest BCUT2D eigenvalue weighted by molar-refractivity contribution is 5.87. The predicted molar refractivity (Wildman–Crippen MR) is 148 cm³/mol. The van der Waals surface area contributed by atoms with Crippen molar-refractivity contribution in [3.63, 3.8) is 0 Å². The van der Waals surface area contributed by atoms with Crippen LogP contribution in [0.1, 0.15) is 33.3 Å². The third-order valence-electron chi connectivity index (χ3n) is 4.74. The predicted octanol–water partition coefficient (Wildman–Crippen LogP) is 6.68. The number of amides is 1. The first-order valence-corrected chi connectivity index (χ1v) is 11.7. The van der Waals surface area contributed by atoms with Crippen molar-refractivity contribution in [3.8, 4) is 0 Å². The van der Waals surface area contributed by atoms with E-state index in [0.29, 0.717) is 6.54 Å². The molecule has 190 valence electrons. The minimum absolute atomic E-state index is 0.115. The molecule has 1 heterocycles. The number of furan rings is 1. The Morgan fingerprint density at radius 1 is 0.778 bits per heavy atom. The molecule has 0 saturated carbocycles. The highest BCUT2D eigenvalue weighted by Gasteiger charge is 1.97. The van der Waals surface area contributed by atoms with E-state index in [4.69, 9.17) is 4.42 Å². The van der Waals surface area contributed by atoms with E-state index < -0.39 is 0 Å². The first kappa shape index (κ1) is 29.9. The lowest BCUT2D eigenvalue weighted by molar-refractivity contribution is -0.134. The molecule has 5 heteroatoms. The zero-order valence-electron chi connectivity index (χ0n) is 21.9. The van der Waals surface area contributed by atoms with Crippen LogP contribution in [0.5, 0.6) is 0 Å². The number of esters is 1. The Bertz CT molecular complexity index is 1100. The summed E-state index contributed by atoms with van der Waals surface area (Å²) in [5.74, 6) is -0.483. The van der Waals surface area contributed by atoms with Crippen molar-refractivity contribution in [2.75, 3.05) is 13.7 Å². The summed E-state index contributed by atoms with van der Waals surface area (Å²) in [6.07, 6.45) is 30.3. The monoisotopic (exact) mass is 487 g/mol. The molecular weight excluding hydrogens is 450 g/mol. The zero-order chi connectivity index (χ0) is 26.6. The maximum absolute atomic E-state index is 11.9. The second kappa shape index (κ2) is 18.2. The third-order valence-corrected chi connectivity index (χ3v) is 4.74. The fraction of sp³-hybridized carbons (Fsp3) is 0.226. The third kappa shape index (κ3) is 15.7. The van der Waals surface area contributed by atoms with E-state index in [1.807, 2.05) is 94.5 Å². The molecule has 5 nitrogen and oxygen atoms in total. The van der Waals surface area contributed by atoms with E-state index in [1.54, 1.807) is 30.8 Å². The van der Waals surface area contributed by atoms with Crippen LogP contribution >= 0.6 is 0 Å². The molecule has 1 aromatic heterocycles. The Hall–Kier alpha value is -4.12. The van der Waals surface area contributed by atoms with Gasteiger partial charge in [0, 0.05) is 18.7 Å². The van der Waals surface area contributed by atoms with Gasteiger partial charge in [0.25, 0.3) is 0 Å². The number of rotatable bonds is 13. The van der Waals surface area contributed by atoms with E-state index >= 15 is 0 Å². The van der Waals surface area contributed by atoms with Crippen molar-refractivity contribution >= 4 is 11.9 Å². The van der Waals surface area contributed by atoms with Crippen molar-refractivity contribution in [3.05, 3.63) is 132 Å². The van der Waals surface area contributed by atoms with Crippen LogP contribution < -0.4 is 5.32 Å². The number of nitrogens with one attached hydrogen (secondary N) is 1. The minimum atomic E-state index is -0.369. The molecule has 0 spiro atoms. The highest BCUT2D eigenvalue weighted by atomic mass is 16.5. The van der Waals surface area contributed by atoms with E-state index in [0.717, 1.165) is 34.3 Å². The minimum Gasteiger partial charge on any atom is -0.472 e. The van der Waals surface area contributed by atoms with Crippen LogP contribution in [-0.4, -0.2) is 25.5 Å². The van der Waals surface area contributed by atoms with E-state index in [1.165, 1.54) is 13.2 Å². The normalized spacial score (nSPS) is 14.2. The number of hydrogen-bond donors (Lipinski definition) is 1. The van der Waals surface area contributed by atoms with Crippen LogP contribution in [0.4, 0.5) is 0 Å². The summed E-state index contributed by atoms with van der Waals surface area (Å²) in [6, 6.07) is 1.89. The Morgan fingerprint density at radius 2 is 1.31 bits per heavy atom. The Morgan fingerprint density at radius 3 is 1.83 bits per heavy atom. The molecule has 0 unspecified atom stereocenters. The number of carbonyl (C=O) groups is 2. The first-order chi connectivity index (χ1) is 17.3. The van der Waals surface area contributed by atoms with E-state index in [2.05, 4.69) is 10.1 Å². The van der Waals surface area contributed by atoms with Crippen molar-refractivity contribution < 1.29 is 18.7 Å². The fourth-order valence-corrected chi connectivity index (χ4v) is 2.64. The Labute approximate surface area is 215 Å². The van der Waals surface area contributed by atoms with Gasteiger partial charge < -0.3 is 14.5 Å². The largest absolute Gasteiger partial charge is 0.472 e. The molecule has 0 saturated heterocycles. The second-order valence-corrected chi connectivity index (χ2v) is 8.11. The summed E-state index contributed by atoms with van der Waals surface area (Å²) >= 11 is 0. The molecule has 0 aliphatic heterocycles. The average Bonchev–Trinajstić information content (AvgIpc) is 3.37. The molecular formula is C31H37NO4. The number of carbonyl (C=O) groups excluding carboxylic acids is 2. The first-order valence-electron chi connectivity index (χ1n) is 11.7. The quantitative estimate of drug-likeness (QED) is 0.191. The summed E-state index contributed by atoms with van der Waals surface area (Å²) < 4.78 is 9.58. The van der Waals surface area contributed by atoms with Crippen LogP contribution in [0.15, 0.2) is 130 Å². The molecule has 0 aliphatic carbocycles. The summed E-state index contributed by atoms with van der Waals surface area (Å²) in [6.45, 7) is 8.48. The van der Waals surface area contributed by atoms with E-state index in [-0.39, 0.29) is 11.9 Å². The average molecular weight is 488 g/mol. The van der Waals surface area contributed by atoms with Crippen molar-refractivity contribution in [1.82, 2.24) is 5.32 Å². The fourth-order valence-electron chi connectivity index (χ4n) is 2.64. The van der Waals surface area contributed by atoms with Gasteiger partial charge in [0.15, 0.2) is 0 Å². The molecule has 0 aliphatic rings. The summed E-state index contributed by atoms with van der Waals surface area (Å²) in [7, 11) is 1.36. The van der Waals surface area contributed by atoms with Gasteiger partial charge in [-0.15, -0.1) is 0 Å². The Kier molecular flexibility index (Phi) is 15.2. The number of ether oxygens (including phenoxy) is 1. The number of methoxy groups -OCH3 is 1. The second-order valence-electron chi connectivity index (χ2n) is 8.11. The van der Waals surface area contributed by atoms with Crippen LogP contribution in [0, 0.1) is 0 Å². The van der Waals surface area contributed by atoms with Gasteiger partial charge in [-0.1, -0.05) is 95.2 Å². The maximum Gasteiger partial charge on any atom is 0.330 e. The lowest BCUT2D eigenvalue weighted by atomic mass is 10.2. The smallest absolute Gasteiger partial charge is 0.330 e. The van der Waals surface area contributed by atoms with Gasteiger partial charge in [0.05, 0.1) is 19.6 Å². The molecule has 1 N–H and O–H groups in total. The van der Waals surface area contributed by atoms with Gasteiger partial charge in [-0.3, -0.25) is 4.79 Å². The molecule has 1 aromatic rings. The summed E-state index contributed by atoms with van der Waals surface area (Å²) in [4.78, 5) is 23.0. The van der Waals surface area contributed by atoms with Gasteiger partial charge in [0.1, 0.15) is 0 Å². The van der Waals surface area contributed by atoms with E-state index in [9.17, 15) is 9.59 Å². The van der Waals surface area contributed by atoms with Gasteiger partial charge in [-0.2, -0.15) is 0 Å². The van der Waals surface area contributed by atoms with Crippen molar-refractivity contribution in [2.45, 2.75) is 34.1 Å². The van der Waals surface area contributed by atoms with Gasteiger partial charge in [0.2, 0.25) is 5.91 Å². The van der Waals surface area contributed by atoms with Crippen molar-refractivity contribution in [2.24, 2.45) is 0 Å². The number of hydrogen-bond acceptors (Lipinski definition) is 4. The molecule has 0 bridgehead atoms. The Balaban J connectivity index is 2.44. The lowest BCUT2D eigenvalue weighted by Crippen LogP contribution is -2.23. The summed E-state index contributed by atoms with van der Waals surface area (Å²) in [5.41, 5.74) is 5.20. The maximum atomic E-state index is 11.9. The molecule has 0 aromatic carbocycles. The number of allylic oxidation sites excluding steroid dienone is 16. The van der Waals surface area contributed by atoms with Crippen LogP contribution in [-0.2, 0) is 20.7 Å². The molecule has 1 amide bonds. The molecule has 0 fully saturated rings. The SMILES string of the molecule is COC(=O)/C=C/C(C)=C\C=C\C(C)=C\C=C\C=C(C)\C=C\C=C(C)\C=C\C(=O)NCCc1ccoc1.